The first-order valence-corrected chi connectivity index (χ1v) is 10.8. The van der Waals surface area contributed by atoms with Crippen LogP contribution in [0.25, 0.3) is 10.9 Å². The Kier molecular flexibility index (Phi) is 4.74. The summed E-state index contributed by atoms with van der Waals surface area (Å²) in [4.78, 5) is 21.0. The van der Waals surface area contributed by atoms with Crippen LogP contribution in [0.4, 0.5) is 0 Å². The molecule has 3 heterocycles. The molecule has 29 heavy (non-hydrogen) atoms. The summed E-state index contributed by atoms with van der Waals surface area (Å²) < 4.78 is 7.43. The van der Waals surface area contributed by atoms with Crippen molar-refractivity contribution in [3.63, 3.8) is 0 Å². The lowest BCUT2D eigenvalue weighted by Crippen LogP contribution is -2.34. The van der Waals surface area contributed by atoms with Gasteiger partial charge in [0.1, 0.15) is 11.6 Å². The molecular weight excluding hydrogens is 364 g/mol. The monoisotopic (exact) mass is 392 g/mol. The molecule has 6 heteroatoms. The van der Waals surface area contributed by atoms with Crippen molar-refractivity contribution in [1.82, 2.24) is 19.6 Å². The van der Waals surface area contributed by atoms with Gasteiger partial charge in [0.15, 0.2) is 0 Å². The summed E-state index contributed by atoms with van der Waals surface area (Å²) in [6, 6.07) is 8.21. The Labute approximate surface area is 170 Å². The Hall–Kier alpha value is -2.47. The normalized spacial score (nSPS) is 20.8. The highest BCUT2D eigenvalue weighted by molar-refractivity contribution is 5.77. The predicted octanol–water partition coefficient (Wildman–Crippen LogP) is 4.45. The van der Waals surface area contributed by atoms with E-state index in [0.29, 0.717) is 0 Å². The Morgan fingerprint density at radius 2 is 1.90 bits per heavy atom. The highest BCUT2D eigenvalue weighted by Gasteiger charge is 2.33. The number of fused-ring (bicyclic) bond motifs is 1. The summed E-state index contributed by atoms with van der Waals surface area (Å²) in [5.74, 6) is 1.83. The Bertz CT molecular complexity index is 1070. The molecule has 152 valence electrons. The van der Waals surface area contributed by atoms with E-state index in [9.17, 15) is 4.79 Å². The second kappa shape index (κ2) is 7.41. The van der Waals surface area contributed by atoms with Gasteiger partial charge in [-0.05, 0) is 58.2 Å². The number of nitrogens with zero attached hydrogens (tertiary/aromatic N) is 4. The van der Waals surface area contributed by atoms with Crippen LogP contribution in [0.5, 0.6) is 0 Å². The number of hydrogen-bond donors (Lipinski definition) is 0. The van der Waals surface area contributed by atoms with Crippen LogP contribution < -0.4 is 5.56 Å². The third-order valence-corrected chi connectivity index (χ3v) is 6.73. The van der Waals surface area contributed by atoms with E-state index in [2.05, 4.69) is 10.1 Å². The molecule has 1 saturated carbocycles. The zero-order valence-electron chi connectivity index (χ0n) is 17.2. The molecule has 6 nitrogen and oxygen atoms in total. The molecule has 2 aliphatic rings. The van der Waals surface area contributed by atoms with E-state index in [-0.39, 0.29) is 17.6 Å². The van der Waals surface area contributed by atoms with Crippen molar-refractivity contribution in [2.24, 2.45) is 0 Å². The van der Waals surface area contributed by atoms with Crippen molar-refractivity contribution in [3.8, 4) is 0 Å². The summed E-state index contributed by atoms with van der Waals surface area (Å²) in [5.41, 5.74) is 3.05. The van der Waals surface area contributed by atoms with Crippen LogP contribution in [0.15, 0.2) is 33.6 Å². The third kappa shape index (κ3) is 3.19. The van der Waals surface area contributed by atoms with Crippen LogP contribution in [-0.4, -0.2) is 26.2 Å². The number of rotatable bonds is 4. The van der Waals surface area contributed by atoms with Gasteiger partial charge in [-0.3, -0.25) is 14.3 Å². The van der Waals surface area contributed by atoms with Crippen molar-refractivity contribution in [2.75, 3.05) is 6.54 Å². The van der Waals surface area contributed by atoms with E-state index in [1.807, 2.05) is 42.7 Å². The molecule has 1 aliphatic carbocycles. The molecule has 2 aromatic heterocycles. The maximum Gasteiger partial charge on any atom is 0.261 e. The molecule has 1 saturated heterocycles. The lowest BCUT2D eigenvalue weighted by atomic mass is 10.1. The number of aryl methyl sites for hydroxylation is 2. The van der Waals surface area contributed by atoms with Crippen molar-refractivity contribution < 1.29 is 4.52 Å². The molecule has 5 rings (SSSR count). The molecule has 1 aromatic carbocycles. The fourth-order valence-corrected chi connectivity index (χ4v) is 5.15. The van der Waals surface area contributed by atoms with Gasteiger partial charge in [0, 0.05) is 18.2 Å². The fraction of sp³-hybridized carbons (Fsp3) is 0.522. The number of para-hydroxylation sites is 1. The maximum atomic E-state index is 13.5. The molecular formula is C23H28N4O2. The van der Waals surface area contributed by atoms with Gasteiger partial charge in [-0.25, -0.2) is 4.98 Å². The fourth-order valence-electron chi connectivity index (χ4n) is 5.15. The van der Waals surface area contributed by atoms with E-state index in [1.54, 1.807) is 0 Å². The largest absolute Gasteiger partial charge is 0.361 e. The summed E-state index contributed by atoms with van der Waals surface area (Å²) >= 11 is 0. The van der Waals surface area contributed by atoms with Crippen LogP contribution in [0.2, 0.25) is 0 Å². The average Bonchev–Trinajstić information content (AvgIpc) is 3.47. The van der Waals surface area contributed by atoms with Crippen molar-refractivity contribution in [2.45, 2.75) is 71.0 Å². The van der Waals surface area contributed by atoms with Crippen LogP contribution >= 0.6 is 0 Å². The van der Waals surface area contributed by atoms with Crippen LogP contribution in [0, 0.1) is 13.8 Å². The molecule has 1 unspecified atom stereocenters. The Morgan fingerprint density at radius 1 is 1.10 bits per heavy atom. The quantitative estimate of drug-likeness (QED) is 0.656. The molecule has 0 spiro atoms. The van der Waals surface area contributed by atoms with Gasteiger partial charge in [0.2, 0.25) is 0 Å². The number of hydrogen-bond acceptors (Lipinski definition) is 5. The van der Waals surface area contributed by atoms with Crippen LogP contribution in [0.3, 0.4) is 0 Å². The maximum absolute atomic E-state index is 13.5. The SMILES string of the molecule is Cc1noc(C)c1CN1CCCC1c1nc2ccccc2c(=O)n1C1CCCC1. The first-order valence-electron chi connectivity index (χ1n) is 10.8. The Balaban J connectivity index is 1.61. The third-order valence-electron chi connectivity index (χ3n) is 6.73. The van der Waals surface area contributed by atoms with Crippen molar-refractivity contribution in [3.05, 3.63) is 57.5 Å². The zero-order valence-corrected chi connectivity index (χ0v) is 17.2. The smallest absolute Gasteiger partial charge is 0.261 e. The highest BCUT2D eigenvalue weighted by Crippen LogP contribution is 2.37. The molecule has 3 aromatic rings. The van der Waals surface area contributed by atoms with Crippen LogP contribution in [0.1, 0.15) is 73.5 Å². The molecule has 2 fully saturated rings. The second-order valence-corrected chi connectivity index (χ2v) is 8.53. The molecule has 1 atom stereocenters. The van der Waals surface area contributed by atoms with Gasteiger partial charge in [0.05, 0.1) is 22.6 Å². The second-order valence-electron chi connectivity index (χ2n) is 8.53. The van der Waals surface area contributed by atoms with Crippen molar-refractivity contribution >= 4 is 10.9 Å². The van der Waals surface area contributed by atoms with E-state index >= 15 is 0 Å². The Morgan fingerprint density at radius 3 is 2.66 bits per heavy atom. The first-order chi connectivity index (χ1) is 14.1. The minimum Gasteiger partial charge on any atom is -0.361 e. The minimum absolute atomic E-state index is 0.127. The van der Waals surface area contributed by atoms with E-state index < -0.39 is 0 Å². The van der Waals surface area contributed by atoms with Gasteiger partial charge in [-0.2, -0.15) is 0 Å². The van der Waals surface area contributed by atoms with E-state index in [1.165, 1.54) is 12.8 Å². The lowest BCUT2D eigenvalue weighted by molar-refractivity contribution is 0.227. The standard InChI is InChI=1S/C23H28N4O2/c1-15-19(16(2)29-25-15)14-26-13-7-12-21(26)22-24-20-11-6-5-10-18(20)23(28)27(22)17-8-3-4-9-17/h5-6,10-11,17,21H,3-4,7-9,12-14H2,1-2H3. The first kappa shape index (κ1) is 18.6. The van der Waals surface area contributed by atoms with Gasteiger partial charge in [-0.15, -0.1) is 0 Å². The number of likely N-dealkylation sites (tertiary alicyclic amines) is 1. The number of aromatic nitrogens is 3. The molecule has 0 amide bonds. The lowest BCUT2D eigenvalue weighted by Gasteiger charge is -2.28. The van der Waals surface area contributed by atoms with Crippen molar-refractivity contribution in [1.29, 1.82) is 0 Å². The predicted molar refractivity (Wildman–Crippen MR) is 112 cm³/mol. The minimum atomic E-state index is 0.127. The summed E-state index contributed by atoms with van der Waals surface area (Å²) in [6.45, 7) is 5.77. The zero-order chi connectivity index (χ0) is 20.0. The summed E-state index contributed by atoms with van der Waals surface area (Å²) in [5, 5.41) is 4.85. The average molecular weight is 393 g/mol. The van der Waals surface area contributed by atoms with E-state index in [4.69, 9.17) is 9.51 Å². The van der Waals surface area contributed by atoms with Gasteiger partial charge in [0.25, 0.3) is 5.56 Å². The molecule has 0 radical (unpaired) electrons. The van der Waals surface area contributed by atoms with Gasteiger partial charge >= 0.3 is 0 Å². The highest BCUT2D eigenvalue weighted by atomic mass is 16.5. The molecule has 1 aliphatic heterocycles. The molecule has 0 bridgehead atoms. The van der Waals surface area contributed by atoms with Gasteiger partial charge in [-0.1, -0.05) is 30.1 Å². The molecule has 0 N–H and O–H groups in total. The summed E-state index contributed by atoms with van der Waals surface area (Å²) in [6.07, 6.45) is 6.67. The summed E-state index contributed by atoms with van der Waals surface area (Å²) in [7, 11) is 0. The van der Waals surface area contributed by atoms with Crippen LogP contribution in [-0.2, 0) is 6.54 Å². The number of benzene rings is 1. The van der Waals surface area contributed by atoms with Gasteiger partial charge < -0.3 is 4.52 Å². The van der Waals surface area contributed by atoms with E-state index in [0.717, 1.165) is 72.5 Å². The topological polar surface area (TPSA) is 64.2 Å².